The Hall–Kier alpha value is -0.700. The van der Waals surface area contributed by atoms with Crippen molar-refractivity contribution in [2.24, 2.45) is 0 Å². The molecule has 0 aromatic rings. The lowest BCUT2D eigenvalue weighted by Gasteiger charge is -2.34. The van der Waals surface area contributed by atoms with E-state index in [0.29, 0.717) is 39.3 Å². The van der Waals surface area contributed by atoms with Gasteiger partial charge in [0.15, 0.2) is 0 Å². The van der Waals surface area contributed by atoms with Gasteiger partial charge in [-0.15, -0.1) is 0 Å². The molecule has 0 radical (unpaired) electrons. The van der Waals surface area contributed by atoms with Gasteiger partial charge in [0, 0.05) is 39.3 Å². The van der Waals surface area contributed by atoms with Crippen molar-refractivity contribution in [3.05, 3.63) is 0 Å². The molecule has 0 bridgehead atoms. The van der Waals surface area contributed by atoms with E-state index in [2.05, 4.69) is 0 Å². The zero-order valence-corrected chi connectivity index (χ0v) is 12.0. The fourth-order valence-electron chi connectivity index (χ4n) is 2.52. The number of β-amino-alcohol motifs (C(OH)–C–C–N with tert-alkyl or cyclic N) is 1. The summed E-state index contributed by atoms with van der Waals surface area (Å²) in [5, 5.41) is 9.41. The minimum Gasteiger partial charge on any atom is -0.392 e. The quantitative estimate of drug-likeness (QED) is 0.661. The smallest absolute Gasteiger partial charge is 0.236 e. The van der Waals surface area contributed by atoms with Crippen LogP contribution in [0.1, 0.15) is 6.42 Å². The van der Waals surface area contributed by atoms with E-state index in [1.54, 1.807) is 4.90 Å². The Bertz CT molecular complexity index is 431. The highest BCUT2D eigenvalue weighted by Gasteiger charge is 2.28. The molecule has 1 atom stereocenters. The van der Waals surface area contributed by atoms with Gasteiger partial charge in [0.2, 0.25) is 15.9 Å². The van der Waals surface area contributed by atoms with Gasteiger partial charge in [-0.25, -0.2) is 8.42 Å². The van der Waals surface area contributed by atoms with E-state index in [0.717, 1.165) is 13.0 Å². The second-order valence-corrected chi connectivity index (χ2v) is 7.20. The summed E-state index contributed by atoms with van der Waals surface area (Å²) in [4.78, 5) is 15.7. The van der Waals surface area contributed by atoms with Crippen molar-refractivity contribution in [1.29, 1.82) is 0 Å². The maximum atomic E-state index is 12.1. The molecule has 7 nitrogen and oxygen atoms in total. The number of carbonyl (C=O) groups is 1. The Morgan fingerprint density at radius 1 is 1.21 bits per heavy atom. The number of aliphatic hydroxyl groups is 1. The standard InChI is InChI=1S/C11H21N3O4S/c1-19(17,18)14-6-4-13(5-7-14)11(16)9-12-3-2-10(15)8-12/h10,15H,2-9H2,1H3/t10-/m1/s1. The SMILES string of the molecule is CS(=O)(=O)N1CCN(C(=O)CN2CC[C@@H](O)C2)CC1. The number of amides is 1. The van der Waals surface area contributed by atoms with Crippen LogP contribution in [0, 0.1) is 0 Å². The van der Waals surface area contributed by atoms with Crippen LogP contribution in [0.4, 0.5) is 0 Å². The first-order valence-electron chi connectivity index (χ1n) is 6.49. The van der Waals surface area contributed by atoms with Crippen LogP contribution in [-0.2, 0) is 14.8 Å². The number of sulfonamides is 1. The molecule has 2 rings (SSSR count). The molecule has 2 fully saturated rings. The van der Waals surface area contributed by atoms with E-state index in [1.807, 2.05) is 4.90 Å². The molecule has 110 valence electrons. The lowest BCUT2D eigenvalue weighted by atomic mass is 10.3. The lowest BCUT2D eigenvalue weighted by Crippen LogP contribution is -2.52. The minimum absolute atomic E-state index is 0.0160. The second kappa shape index (κ2) is 5.74. The Morgan fingerprint density at radius 2 is 1.84 bits per heavy atom. The first kappa shape index (κ1) is 14.7. The Kier molecular flexibility index (Phi) is 4.44. The molecule has 1 N–H and O–H groups in total. The van der Waals surface area contributed by atoms with Gasteiger partial charge in [-0.05, 0) is 6.42 Å². The fraction of sp³-hybridized carbons (Fsp3) is 0.909. The van der Waals surface area contributed by atoms with Crippen molar-refractivity contribution in [2.75, 3.05) is 52.1 Å². The molecule has 19 heavy (non-hydrogen) atoms. The number of piperazine rings is 1. The Morgan fingerprint density at radius 3 is 2.32 bits per heavy atom. The molecule has 0 aromatic carbocycles. The summed E-state index contributed by atoms with van der Waals surface area (Å²) in [5.41, 5.74) is 0. The van der Waals surface area contributed by atoms with Gasteiger partial charge in [-0.2, -0.15) is 4.31 Å². The summed E-state index contributed by atoms with van der Waals surface area (Å²) in [7, 11) is -3.15. The maximum absolute atomic E-state index is 12.1. The molecular formula is C11H21N3O4S. The van der Waals surface area contributed by atoms with Crippen molar-refractivity contribution in [3.8, 4) is 0 Å². The van der Waals surface area contributed by atoms with Crippen LogP contribution in [0.5, 0.6) is 0 Å². The van der Waals surface area contributed by atoms with Crippen molar-refractivity contribution < 1.29 is 18.3 Å². The van der Waals surface area contributed by atoms with E-state index in [-0.39, 0.29) is 12.0 Å². The predicted molar refractivity (Wildman–Crippen MR) is 70.1 cm³/mol. The van der Waals surface area contributed by atoms with Crippen LogP contribution >= 0.6 is 0 Å². The van der Waals surface area contributed by atoms with Crippen LogP contribution < -0.4 is 0 Å². The summed E-state index contributed by atoms with van der Waals surface area (Å²) in [6.07, 6.45) is 1.58. The average Bonchev–Trinajstić information content (AvgIpc) is 2.74. The molecule has 0 spiro atoms. The zero-order chi connectivity index (χ0) is 14.0. The van der Waals surface area contributed by atoms with Gasteiger partial charge in [-0.1, -0.05) is 0 Å². The highest BCUT2D eigenvalue weighted by Crippen LogP contribution is 2.10. The van der Waals surface area contributed by atoms with Crippen LogP contribution in [0.2, 0.25) is 0 Å². The van der Waals surface area contributed by atoms with Gasteiger partial charge in [0.25, 0.3) is 0 Å². The number of carbonyl (C=O) groups excluding carboxylic acids is 1. The van der Waals surface area contributed by atoms with Crippen LogP contribution in [0.15, 0.2) is 0 Å². The normalized spacial score (nSPS) is 26.8. The van der Waals surface area contributed by atoms with Crippen molar-refractivity contribution >= 4 is 15.9 Å². The number of rotatable bonds is 3. The molecule has 2 saturated heterocycles. The third kappa shape index (κ3) is 3.88. The van der Waals surface area contributed by atoms with Gasteiger partial charge < -0.3 is 10.0 Å². The van der Waals surface area contributed by atoms with Crippen molar-refractivity contribution in [1.82, 2.24) is 14.1 Å². The van der Waals surface area contributed by atoms with Gasteiger partial charge >= 0.3 is 0 Å². The molecule has 8 heteroatoms. The molecule has 0 unspecified atom stereocenters. The monoisotopic (exact) mass is 291 g/mol. The summed E-state index contributed by atoms with van der Waals surface area (Å²) >= 11 is 0. The molecule has 2 aliphatic heterocycles. The van der Waals surface area contributed by atoms with Crippen molar-refractivity contribution in [3.63, 3.8) is 0 Å². The molecule has 0 aliphatic carbocycles. The third-order valence-corrected chi connectivity index (χ3v) is 4.97. The largest absolute Gasteiger partial charge is 0.392 e. The number of hydrogen-bond donors (Lipinski definition) is 1. The van der Waals surface area contributed by atoms with Crippen molar-refractivity contribution in [2.45, 2.75) is 12.5 Å². The Labute approximate surface area is 113 Å². The maximum Gasteiger partial charge on any atom is 0.236 e. The highest BCUT2D eigenvalue weighted by atomic mass is 32.2. The highest BCUT2D eigenvalue weighted by molar-refractivity contribution is 7.88. The predicted octanol–water partition coefficient (Wildman–Crippen LogP) is -1.84. The number of likely N-dealkylation sites (tertiary alicyclic amines) is 1. The third-order valence-electron chi connectivity index (χ3n) is 3.67. The van der Waals surface area contributed by atoms with E-state index in [4.69, 9.17) is 0 Å². The average molecular weight is 291 g/mol. The summed E-state index contributed by atoms with van der Waals surface area (Å²) < 4.78 is 24.1. The lowest BCUT2D eigenvalue weighted by molar-refractivity contribution is -0.133. The van der Waals surface area contributed by atoms with Crippen LogP contribution in [-0.4, -0.2) is 91.7 Å². The number of hydrogen-bond acceptors (Lipinski definition) is 5. The van der Waals surface area contributed by atoms with Gasteiger partial charge in [0.1, 0.15) is 0 Å². The summed E-state index contributed by atoms with van der Waals surface area (Å²) in [6, 6.07) is 0. The second-order valence-electron chi connectivity index (χ2n) is 5.22. The first-order valence-corrected chi connectivity index (χ1v) is 8.34. The first-order chi connectivity index (χ1) is 8.86. The van der Waals surface area contributed by atoms with Gasteiger partial charge in [0.05, 0.1) is 18.9 Å². The van der Waals surface area contributed by atoms with E-state index >= 15 is 0 Å². The summed E-state index contributed by atoms with van der Waals surface area (Å²) in [6.45, 7) is 3.24. The number of nitrogens with zero attached hydrogens (tertiary/aromatic N) is 3. The molecule has 2 heterocycles. The molecule has 0 saturated carbocycles. The van der Waals surface area contributed by atoms with E-state index in [1.165, 1.54) is 10.6 Å². The molecule has 2 aliphatic rings. The van der Waals surface area contributed by atoms with Gasteiger partial charge in [-0.3, -0.25) is 9.69 Å². The zero-order valence-electron chi connectivity index (χ0n) is 11.2. The molecule has 1 amide bonds. The minimum atomic E-state index is -3.15. The van der Waals surface area contributed by atoms with E-state index in [9.17, 15) is 18.3 Å². The van der Waals surface area contributed by atoms with Crippen LogP contribution in [0.25, 0.3) is 0 Å². The topological polar surface area (TPSA) is 81.2 Å². The molecule has 0 aromatic heterocycles. The fourth-order valence-corrected chi connectivity index (χ4v) is 3.34. The molecular weight excluding hydrogens is 270 g/mol. The van der Waals surface area contributed by atoms with Crippen LogP contribution in [0.3, 0.4) is 0 Å². The summed E-state index contributed by atoms with van der Waals surface area (Å²) in [5.74, 6) is 0.0160. The number of aliphatic hydroxyl groups excluding tert-OH is 1. The Balaban J connectivity index is 1.79. The van der Waals surface area contributed by atoms with E-state index < -0.39 is 10.0 Å².